The molecule has 8 heteroatoms. The highest BCUT2D eigenvalue weighted by Crippen LogP contribution is 2.26. The van der Waals surface area contributed by atoms with Gasteiger partial charge in [0.05, 0.1) is 4.90 Å². The lowest BCUT2D eigenvalue weighted by atomic mass is 10.1. The summed E-state index contributed by atoms with van der Waals surface area (Å²) in [7, 11) is -3.66. The largest absolute Gasteiger partial charge is 0.343 e. The smallest absolute Gasteiger partial charge is 0.238 e. The first-order valence-corrected chi connectivity index (χ1v) is 12.4. The second-order valence-electron chi connectivity index (χ2n) is 7.65. The molecule has 1 heterocycles. The van der Waals surface area contributed by atoms with Gasteiger partial charge >= 0.3 is 0 Å². The van der Waals surface area contributed by atoms with Crippen molar-refractivity contribution in [3.8, 4) is 0 Å². The highest BCUT2D eigenvalue weighted by atomic mass is 35.5. The molecule has 0 spiro atoms. The Balaban J connectivity index is 1.43. The van der Waals surface area contributed by atoms with Crippen LogP contribution in [0.25, 0.3) is 10.9 Å². The number of primary sulfonamides is 1. The van der Waals surface area contributed by atoms with Crippen LogP contribution in [0.4, 0.5) is 0 Å². The minimum atomic E-state index is -3.66. The maximum atomic E-state index is 11.4. The van der Waals surface area contributed by atoms with Crippen molar-refractivity contribution in [1.82, 2.24) is 9.88 Å². The number of nitrogens with one attached hydrogen (secondary N) is 1. The summed E-state index contributed by atoms with van der Waals surface area (Å²) >= 11 is 12.4. The summed E-state index contributed by atoms with van der Waals surface area (Å²) in [4.78, 5) is 0.128. The third kappa shape index (κ3) is 5.34. The van der Waals surface area contributed by atoms with Gasteiger partial charge in [-0.2, -0.15) is 0 Å². The van der Waals surface area contributed by atoms with Crippen molar-refractivity contribution < 1.29 is 8.42 Å². The van der Waals surface area contributed by atoms with Crippen LogP contribution in [0.3, 0.4) is 0 Å². The Kier molecular flexibility index (Phi) is 6.88. The molecule has 166 valence electrons. The molecule has 1 aromatic heterocycles. The van der Waals surface area contributed by atoms with Crippen molar-refractivity contribution in [2.75, 3.05) is 6.54 Å². The Morgan fingerprint density at radius 3 is 2.41 bits per heavy atom. The third-order valence-electron chi connectivity index (χ3n) is 5.38. The molecular formula is C24H23Cl2N3O2S. The van der Waals surface area contributed by atoms with E-state index < -0.39 is 10.0 Å². The number of aromatic nitrogens is 1. The minimum absolute atomic E-state index is 0.128. The van der Waals surface area contributed by atoms with Gasteiger partial charge < -0.3 is 9.88 Å². The van der Waals surface area contributed by atoms with Crippen LogP contribution in [-0.4, -0.2) is 19.5 Å². The van der Waals surface area contributed by atoms with Crippen LogP contribution in [-0.2, 0) is 29.5 Å². The van der Waals surface area contributed by atoms with E-state index in [4.69, 9.17) is 28.3 Å². The van der Waals surface area contributed by atoms with E-state index in [2.05, 4.69) is 28.2 Å². The topological polar surface area (TPSA) is 77.1 Å². The first kappa shape index (κ1) is 22.8. The molecule has 0 atom stereocenters. The summed E-state index contributed by atoms with van der Waals surface area (Å²) < 4.78 is 24.9. The lowest BCUT2D eigenvalue weighted by Crippen LogP contribution is -2.17. The fraction of sp³-hybridized carbons (Fsp3) is 0.167. The number of sulfonamides is 1. The van der Waals surface area contributed by atoms with Gasteiger partial charge in [-0.25, -0.2) is 13.6 Å². The van der Waals surface area contributed by atoms with E-state index in [1.807, 2.05) is 24.3 Å². The number of para-hydroxylation sites is 1. The third-order valence-corrected chi connectivity index (χ3v) is 6.90. The molecule has 0 aliphatic heterocycles. The van der Waals surface area contributed by atoms with Crippen LogP contribution >= 0.6 is 23.2 Å². The normalized spacial score (nSPS) is 11.8. The number of nitrogens with zero attached hydrogens (tertiary/aromatic N) is 1. The molecule has 0 bridgehead atoms. The summed E-state index contributed by atoms with van der Waals surface area (Å²) in [6.45, 7) is 2.14. The summed E-state index contributed by atoms with van der Waals surface area (Å²) in [6, 6.07) is 20.6. The molecule has 0 amide bonds. The summed E-state index contributed by atoms with van der Waals surface area (Å²) in [5, 5.41) is 11.1. The second kappa shape index (κ2) is 9.65. The lowest BCUT2D eigenvalue weighted by molar-refractivity contribution is 0.597. The maximum Gasteiger partial charge on any atom is 0.238 e. The fourth-order valence-corrected chi connectivity index (χ4v) is 4.71. The summed E-state index contributed by atoms with van der Waals surface area (Å²) in [5.74, 6) is 0. The van der Waals surface area contributed by atoms with Crippen molar-refractivity contribution in [3.05, 3.63) is 99.7 Å². The zero-order valence-corrected chi connectivity index (χ0v) is 19.6. The van der Waals surface area contributed by atoms with Gasteiger partial charge in [-0.05, 0) is 60.0 Å². The van der Waals surface area contributed by atoms with Crippen LogP contribution < -0.4 is 10.5 Å². The van der Waals surface area contributed by atoms with Crippen molar-refractivity contribution in [1.29, 1.82) is 0 Å². The molecule has 5 nitrogen and oxygen atoms in total. The first-order chi connectivity index (χ1) is 15.3. The van der Waals surface area contributed by atoms with Crippen LogP contribution in [0.15, 0.2) is 77.8 Å². The molecule has 0 aliphatic carbocycles. The SMILES string of the molecule is NS(=O)(=O)c1ccc(CCNCc2cn(Cc3ccc(Cl)cc3Cl)c3ccccc23)cc1. The van der Waals surface area contributed by atoms with Gasteiger partial charge in [0.15, 0.2) is 0 Å². The van der Waals surface area contributed by atoms with Gasteiger partial charge in [-0.3, -0.25) is 0 Å². The number of nitrogens with two attached hydrogens (primary N) is 1. The van der Waals surface area contributed by atoms with Gasteiger partial charge in [0, 0.05) is 40.2 Å². The molecule has 3 N–H and O–H groups in total. The predicted octanol–water partition coefficient (Wildman–Crippen LogP) is 4.98. The van der Waals surface area contributed by atoms with E-state index in [9.17, 15) is 8.42 Å². The minimum Gasteiger partial charge on any atom is -0.343 e. The molecule has 0 saturated carbocycles. The zero-order chi connectivity index (χ0) is 22.7. The monoisotopic (exact) mass is 487 g/mol. The molecule has 0 radical (unpaired) electrons. The number of hydrogen-bond donors (Lipinski definition) is 2. The summed E-state index contributed by atoms with van der Waals surface area (Å²) in [6.07, 6.45) is 2.94. The molecule has 0 aliphatic rings. The quantitative estimate of drug-likeness (QED) is 0.344. The molecule has 0 unspecified atom stereocenters. The number of fused-ring (bicyclic) bond motifs is 1. The van der Waals surface area contributed by atoms with Crippen LogP contribution in [0.2, 0.25) is 10.0 Å². The average Bonchev–Trinajstić information content (AvgIpc) is 3.10. The van der Waals surface area contributed by atoms with E-state index in [-0.39, 0.29) is 4.90 Å². The predicted molar refractivity (Wildman–Crippen MR) is 131 cm³/mol. The van der Waals surface area contributed by atoms with Gasteiger partial charge in [0.2, 0.25) is 10.0 Å². The Morgan fingerprint density at radius 1 is 0.938 bits per heavy atom. The molecule has 3 aromatic carbocycles. The van der Waals surface area contributed by atoms with E-state index in [0.29, 0.717) is 16.6 Å². The Hall–Kier alpha value is -2.35. The van der Waals surface area contributed by atoms with E-state index in [1.165, 1.54) is 10.9 Å². The number of rotatable bonds is 8. The molecular weight excluding hydrogens is 465 g/mol. The van der Waals surface area contributed by atoms with Crippen LogP contribution in [0.5, 0.6) is 0 Å². The van der Waals surface area contributed by atoms with Crippen LogP contribution in [0.1, 0.15) is 16.7 Å². The van der Waals surface area contributed by atoms with Crippen LogP contribution in [0, 0.1) is 0 Å². The van der Waals surface area contributed by atoms with Crippen molar-refractivity contribution >= 4 is 44.1 Å². The van der Waals surface area contributed by atoms with Gasteiger partial charge in [0.1, 0.15) is 0 Å². The van der Waals surface area contributed by atoms with Crippen molar-refractivity contribution in [3.63, 3.8) is 0 Å². The Labute approximate surface area is 197 Å². The Bertz CT molecular complexity index is 1350. The molecule has 4 rings (SSSR count). The average molecular weight is 488 g/mol. The van der Waals surface area contributed by atoms with Crippen molar-refractivity contribution in [2.24, 2.45) is 5.14 Å². The summed E-state index contributed by atoms with van der Waals surface area (Å²) in [5.41, 5.74) is 4.41. The molecule has 0 fully saturated rings. The first-order valence-electron chi connectivity index (χ1n) is 10.1. The highest BCUT2D eigenvalue weighted by molar-refractivity contribution is 7.89. The number of benzene rings is 3. The highest BCUT2D eigenvalue weighted by Gasteiger charge is 2.10. The second-order valence-corrected chi connectivity index (χ2v) is 10.1. The lowest BCUT2D eigenvalue weighted by Gasteiger charge is -2.08. The van der Waals surface area contributed by atoms with Crippen molar-refractivity contribution in [2.45, 2.75) is 24.4 Å². The molecule has 32 heavy (non-hydrogen) atoms. The fourth-order valence-electron chi connectivity index (χ4n) is 3.73. The van der Waals surface area contributed by atoms with Gasteiger partial charge in [-0.15, -0.1) is 0 Å². The Morgan fingerprint density at radius 2 is 1.69 bits per heavy atom. The van der Waals surface area contributed by atoms with E-state index in [0.717, 1.165) is 36.2 Å². The number of hydrogen-bond acceptors (Lipinski definition) is 3. The van der Waals surface area contributed by atoms with Gasteiger partial charge in [-0.1, -0.05) is 59.6 Å². The molecule has 0 saturated heterocycles. The zero-order valence-electron chi connectivity index (χ0n) is 17.3. The van der Waals surface area contributed by atoms with E-state index >= 15 is 0 Å². The number of halogens is 2. The maximum absolute atomic E-state index is 11.4. The molecule has 4 aromatic rings. The van der Waals surface area contributed by atoms with E-state index in [1.54, 1.807) is 30.3 Å². The standard InChI is InChI=1S/C24H23Cl2N3O2S/c25-20-8-7-18(23(26)13-20)15-29-16-19(22-3-1-2-4-24(22)29)14-28-12-11-17-5-9-21(10-6-17)32(27,30)31/h1-10,13,16,28H,11-12,14-15H2,(H2,27,30,31). The van der Waals surface area contributed by atoms with Gasteiger partial charge in [0.25, 0.3) is 0 Å².